The average molecular weight is 347 g/mol. The van der Waals surface area contributed by atoms with E-state index in [4.69, 9.17) is 4.74 Å². The maximum Gasteiger partial charge on any atom is 0.238 e. The molecule has 1 aromatic rings. The molecule has 6 nitrogen and oxygen atoms in total. The third-order valence-corrected chi connectivity index (χ3v) is 4.76. The van der Waals surface area contributed by atoms with Crippen molar-refractivity contribution in [2.75, 3.05) is 25.5 Å². The fraction of sp³-hybridized carbons (Fsp3) is 0.579. The molecule has 1 aliphatic rings. The molecule has 0 heterocycles. The van der Waals surface area contributed by atoms with Crippen LogP contribution in [0.4, 0.5) is 5.69 Å². The molecule has 0 spiro atoms. The van der Waals surface area contributed by atoms with Crippen molar-refractivity contribution < 1.29 is 14.3 Å². The highest BCUT2D eigenvalue weighted by Crippen LogP contribution is 2.18. The van der Waals surface area contributed by atoms with Gasteiger partial charge in [0.1, 0.15) is 5.75 Å². The third kappa shape index (κ3) is 5.74. The Morgan fingerprint density at radius 3 is 2.44 bits per heavy atom. The van der Waals surface area contributed by atoms with Crippen LogP contribution in [-0.2, 0) is 9.59 Å². The van der Waals surface area contributed by atoms with E-state index >= 15 is 0 Å². The van der Waals surface area contributed by atoms with E-state index in [1.54, 1.807) is 31.4 Å². The van der Waals surface area contributed by atoms with Crippen molar-refractivity contribution >= 4 is 17.5 Å². The van der Waals surface area contributed by atoms with Crippen LogP contribution in [0.5, 0.6) is 5.75 Å². The number of hydrogen-bond acceptors (Lipinski definition) is 4. The Morgan fingerprint density at radius 2 is 1.88 bits per heavy atom. The number of rotatable bonds is 8. The molecule has 1 atom stereocenters. The van der Waals surface area contributed by atoms with Gasteiger partial charge in [0.05, 0.1) is 19.7 Å². The molecule has 2 rings (SSSR count). The van der Waals surface area contributed by atoms with Gasteiger partial charge < -0.3 is 15.4 Å². The first-order valence-electron chi connectivity index (χ1n) is 9.01. The number of likely N-dealkylation sites (N-methyl/N-ethyl adjacent to an activating group) is 1. The number of carbonyl (C=O) groups excluding carboxylic acids is 2. The highest BCUT2D eigenvalue weighted by Gasteiger charge is 2.25. The van der Waals surface area contributed by atoms with Crippen molar-refractivity contribution in [3.63, 3.8) is 0 Å². The maximum atomic E-state index is 12.4. The van der Waals surface area contributed by atoms with E-state index in [2.05, 4.69) is 10.6 Å². The highest BCUT2D eigenvalue weighted by atomic mass is 16.5. The Kier molecular flexibility index (Phi) is 7.25. The maximum absolute atomic E-state index is 12.4. The zero-order valence-corrected chi connectivity index (χ0v) is 15.4. The lowest BCUT2D eigenvalue weighted by molar-refractivity contribution is -0.127. The molecule has 1 fully saturated rings. The standard InChI is InChI=1S/C19H29N3O3/c1-4-22(14(2)19(24)21-15-7-5-6-8-15)13-18(23)20-16-9-11-17(25-3)12-10-16/h9-12,14-15H,4-8,13H2,1-3H3,(H,20,23)(H,21,24). The van der Waals surface area contributed by atoms with Crippen molar-refractivity contribution in [1.82, 2.24) is 10.2 Å². The van der Waals surface area contributed by atoms with Gasteiger partial charge in [0.2, 0.25) is 11.8 Å². The van der Waals surface area contributed by atoms with Crippen molar-refractivity contribution in [3.8, 4) is 5.75 Å². The molecule has 2 N–H and O–H groups in total. The van der Waals surface area contributed by atoms with E-state index in [9.17, 15) is 9.59 Å². The first-order chi connectivity index (χ1) is 12.0. The lowest BCUT2D eigenvalue weighted by atomic mass is 10.2. The van der Waals surface area contributed by atoms with Gasteiger partial charge in [0.25, 0.3) is 0 Å². The van der Waals surface area contributed by atoms with E-state index in [0.717, 1.165) is 18.6 Å². The van der Waals surface area contributed by atoms with E-state index in [1.807, 2.05) is 18.7 Å². The number of anilines is 1. The van der Waals surface area contributed by atoms with Crippen LogP contribution in [0.2, 0.25) is 0 Å². The fourth-order valence-corrected chi connectivity index (χ4v) is 3.14. The van der Waals surface area contributed by atoms with Crippen LogP contribution in [0.3, 0.4) is 0 Å². The van der Waals surface area contributed by atoms with Crippen LogP contribution >= 0.6 is 0 Å². The molecule has 1 unspecified atom stereocenters. The van der Waals surface area contributed by atoms with Gasteiger partial charge >= 0.3 is 0 Å². The van der Waals surface area contributed by atoms with Crippen molar-refractivity contribution in [2.24, 2.45) is 0 Å². The van der Waals surface area contributed by atoms with Gasteiger partial charge in [-0.2, -0.15) is 0 Å². The third-order valence-electron chi connectivity index (χ3n) is 4.76. The number of nitrogens with zero attached hydrogens (tertiary/aromatic N) is 1. The van der Waals surface area contributed by atoms with Crippen molar-refractivity contribution in [2.45, 2.75) is 51.6 Å². The Labute approximate surface area is 149 Å². The second-order valence-electron chi connectivity index (χ2n) is 6.51. The number of nitrogens with one attached hydrogen (secondary N) is 2. The monoisotopic (exact) mass is 347 g/mol. The van der Waals surface area contributed by atoms with Gasteiger partial charge in [-0.25, -0.2) is 0 Å². The van der Waals surface area contributed by atoms with Gasteiger partial charge in [-0.3, -0.25) is 14.5 Å². The van der Waals surface area contributed by atoms with Gasteiger partial charge in [-0.05, 0) is 50.6 Å². The second-order valence-corrected chi connectivity index (χ2v) is 6.51. The summed E-state index contributed by atoms with van der Waals surface area (Å²) in [5.41, 5.74) is 0.713. The largest absolute Gasteiger partial charge is 0.497 e. The topological polar surface area (TPSA) is 70.7 Å². The van der Waals surface area contributed by atoms with Crippen LogP contribution < -0.4 is 15.4 Å². The van der Waals surface area contributed by atoms with Gasteiger partial charge in [0.15, 0.2) is 0 Å². The predicted molar refractivity (Wildman–Crippen MR) is 98.7 cm³/mol. The number of hydrogen-bond donors (Lipinski definition) is 2. The normalized spacial score (nSPS) is 15.8. The molecule has 25 heavy (non-hydrogen) atoms. The van der Waals surface area contributed by atoms with Crippen LogP contribution in [0.15, 0.2) is 24.3 Å². The molecule has 0 aromatic heterocycles. The van der Waals surface area contributed by atoms with Crippen LogP contribution in [0.25, 0.3) is 0 Å². The summed E-state index contributed by atoms with van der Waals surface area (Å²) in [6.45, 7) is 4.63. The molecule has 1 saturated carbocycles. The Hall–Kier alpha value is -2.08. The summed E-state index contributed by atoms with van der Waals surface area (Å²) < 4.78 is 5.10. The predicted octanol–water partition coefficient (Wildman–Crippen LogP) is 2.40. The molecule has 1 aromatic carbocycles. The summed E-state index contributed by atoms with van der Waals surface area (Å²) in [6, 6.07) is 7.15. The number of carbonyl (C=O) groups is 2. The summed E-state index contributed by atoms with van der Waals surface area (Å²) in [5, 5.41) is 5.96. The minimum atomic E-state index is -0.327. The van der Waals surface area contributed by atoms with E-state index in [-0.39, 0.29) is 24.4 Å². The van der Waals surface area contributed by atoms with E-state index in [0.29, 0.717) is 18.3 Å². The SMILES string of the molecule is CCN(CC(=O)Nc1ccc(OC)cc1)C(C)C(=O)NC1CCCC1. The second kappa shape index (κ2) is 9.42. The van der Waals surface area contributed by atoms with Crippen LogP contribution in [0.1, 0.15) is 39.5 Å². The highest BCUT2D eigenvalue weighted by molar-refractivity contribution is 5.93. The molecule has 0 aliphatic heterocycles. The van der Waals surface area contributed by atoms with Gasteiger partial charge in [0, 0.05) is 11.7 Å². The number of benzene rings is 1. The molecule has 2 amide bonds. The summed E-state index contributed by atoms with van der Waals surface area (Å²) >= 11 is 0. The molecule has 0 radical (unpaired) electrons. The van der Waals surface area contributed by atoms with Crippen LogP contribution in [0, 0.1) is 0 Å². The molecule has 1 aliphatic carbocycles. The first kappa shape index (κ1) is 19.2. The summed E-state index contributed by atoms with van der Waals surface area (Å²) in [4.78, 5) is 26.6. The van der Waals surface area contributed by atoms with Gasteiger partial charge in [-0.1, -0.05) is 19.8 Å². The zero-order chi connectivity index (χ0) is 18.2. The molecular formula is C19H29N3O3. The molecule has 138 valence electrons. The average Bonchev–Trinajstić information content (AvgIpc) is 3.12. The molecule has 6 heteroatoms. The van der Waals surface area contributed by atoms with Crippen molar-refractivity contribution in [3.05, 3.63) is 24.3 Å². The molecule has 0 bridgehead atoms. The Bertz CT molecular complexity index is 568. The summed E-state index contributed by atoms with van der Waals surface area (Å²) in [7, 11) is 1.60. The summed E-state index contributed by atoms with van der Waals surface area (Å²) in [6.07, 6.45) is 4.48. The smallest absolute Gasteiger partial charge is 0.238 e. The molecule has 0 saturated heterocycles. The van der Waals surface area contributed by atoms with E-state index in [1.165, 1.54) is 12.8 Å². The summed E-state index contributed by atoms with van der Waals surface area (Å²) in [5.74, 6) is 0.615. The Morgan fingerprint density at radius 1 is 1.24 bits per heavy atom. The minimum Gasteiger partial charge on any atom is -0.497 e. The fourth-order valence-electron chi connectivity index (χ4n) is 3.14. The quantitative estimate of drug-likeness (QED) is 0.758. The lowest BCUT2D eigenvalue weighted by Crippen LogP contribution is -2.49. The van der Waals surface area contributed by atoms with Crippen LogP contribution in [-0.4, -0.2) is 49.0 Å². The molecular weight excluding hydrogens is 318 g/mol. The van der Waals surface area contributed by atoms with Gasteiger partial charge in [-0.15, -0.1) is 0 Å². The number of methoxy groups -OCH3 is 1. The minimum absolute atomic E-state index is 0.00555. The number of amides is 2. The first-order valence-corrected chi connectivity index (χ1v) is 9.01. The van der Waals surface area contributed by atoms with E-state index < -0.39 is 0 Å². The number of ether oxygens (including phenoxy) is 1. The Balaban J connectivity index is 1.85. The zero-order valence-electron chi connectivity index (χ0n) is 15.4. The lowest BCUT2D eigenvalue weighted by Gasteiger charge is -2.27. The van der Waals surface area contributed by atoms with Crippen molar-refractivity contribution in [1.29, 1.82) is 0 Å².